The second-order valence-corrected chi connectivity index (χ2v) is 9.63. The number of carbonyl (C=O) groups is 2. The smallest absolute Gasteiger partial charge is 0.263 e. The number of hydrogen-bond acceptors (Lipinski definition) is 6. The lowest BCUT2D eigenvalue weighted by molar-refractivity contribution is -0.120. The lowest BCUT2D eigenvalue weighted by Crippen LogP contribution is -2.28. The molecule has 4 N–H and O–H groups in total. The maximum Gasteiger partial charge on any atom is 0.263 e. The third-order valence-corrected chi connectivity index (χ3v) is 6.85. The molecule has 0 spiro atoms. The minimum absolute atomic E-state index is 0.0296. The molecule has 188 valence electrons. The number of thiazole rings is 1. The van der Waals surface area contributed by atoms with Crippen LogP contribution in [-0.2, 0) is 4.79 Å². The number of aromatic nitrogens is 5. The molecule has 0 bridgehead atoms. The van der Waals surface area contributed by atoms with Gasteiger partial charge in [0, 0.05) is 37.2 Å². The number of nitrogens with zero attached hydrogens (tertiary/aromatic N) is 3. The van der Waals surface area contributed by atoms with E-state index >= 15 is 0 Å². The van der Waals surface area contributed by atoms with Crippen LogP contribution in [0.5, 0.6) is 0 Å². The molecule has 0 aliphatic heterocycles. The summed E-state index contributed by atoms with van der Waals surface area (Å²) in [5.74, 6) is 0.806. The Hall–Kier alpha value is -3.79. The van der Waals surface area contributed by atoms with Crippen LogP contribution in [0, 0.1) is 6.92 Å². The van der Waals surface area contributed by atoms with Crippen molar-refractivity contribution in [3.8, 4) is 22.5 Å². The number of amides is 2. The van der Waals surface area contributed by atoms with E-state index in [2.05, 4.69) is 47.9 Å². The molecule has 0 aliphatic carbocycles. The van der Waals surface area contributed by atoms with Crippen LogP contribution in [0.2, 0.25) is 0 Å². The van der Waals surface area contributed by atoms with Gasteiger partial charge in [-0.2, -0.15) is 5.10 Å². The third kappa shape index (κ3) is 6.66. The molecule has 2 amide bonds. The van der Waals surface area contributed by atoms with Crippen molar-refractivity contribution in [3.63, 3.8) is 0 Å². The second-order valence-electron chi connectivity index (χ2n) is 8.74. The van der Waals surface area contributed by atoms with Gasteiger partial charge in [0.15, 0.2) is 0 Å². The molecule has 4 aromatic rings. The zero-order valence-electron chi connectivity index (χ0n) is 20.5. The normalized spacial score (nSPS) is 11.8. The van der Waals surface area contributed by atoms with Crippen LogP contribution in [0.1, 0.15) is 59.2 Å². The Bertz CT molecular complexity index is 1260. The van der Waals surface area contributed by atoms with Gasteiger partial charge in [0.25, 0.3) is 5.91 Å². The van der Waals surface area contributed by atoms with Gasteiger partial charge in [-0.15, -0.1) is 11.3 Å². The van der Waals surface area contributed by atoms with Crippen molar-refractivity contribution in [2.24, 2.45) is 0 Å². The highest BCUT2D eigenvalue weighted by Gasteiger charge is 2.18. The van der Waals surface area contributed by atoms with Crippen molar-refractivity contribution >= 4 is 23.2 Å². The zero-order valence-corrected chi connectivity index (χ0v) is 21.3. The lowest BCUT2D eigenvalue weighted by Gasteiger charge is -2.15. The Morgan fingerprint density at radius 3 is 2.58 bits per heavy atom. The topological polar surface area (TPSA) is 128 Å². The average Bonchev–Trinajstić information content (AvgIpc) is 3.67. The Balaban J connectivity index is 1.42. The summed E-state index contributed by atoms with van der Waals surface area (Å²) >= 11 is 1.32. The summed E-state index contributed by atoms with van der Waals surface area (Å²) in [7, 11) is 1.66. The quantitative estimate of drug-likeness (QED) is 0.212. The van der Waals surface area contributed by atoms with E-state index in [1.54, 1.807) is 18.8 Å². The fourth-order valence-electron chi connectivity index (χ4n) is 4.02. The molecular weight excluding hydrogens is 474 g/mol. The van der Waals surface area contributed by atoms with Gasteiger partial charge >= 0.3 is 0 Å². The van der Waals surface area contributed by atoms with Crippen molar-refractivity contribution < 1.29 is 9.59 Å². The molecule has 0 saturated heterocycles. The highest BCUT2D eigenvalue weighted by atomic mass is 32.1. The summed E-state index contributed by atoms with van der Waals surface area (Å²) in [5.41, 5.74) is 6.59. The maximum absolute atomic E-state index is 12.5. The van der Waals surface area contributed by atoms with Crippen LogP contribution in [0.4, 0.5) is 0 Å². The van der Waals surface area contributed by atoms with E-state index in [4.69, 9.17) is 0 Å². The lowest BCUT2D eigenvalue weighted by atomic mass is 9.99. The minimum atomic E-state index is -0.127. The van der Waals surface area contributed by atoms with Crippen molar-refractivity contribution in [1.29, 1.82) is 0 Å². The van der Waals surface area contributed by atoms with Crippen LogP contribution in [0.3, 0.4) is 0 Å². The third-order valence-electron chi connectivity index (χ3n) is 6.08. The summed E-state index contributed by atoms with van der Waals surface area (Å²) in [6.07, 6.45) is 7.51. The number of H-pyrrole nitrogens is 2. The van der Waals surface area contributed by atoms with Gasteiger partial charge < -0.3 is 15.6 Å². The van der Waals surface area contributed by atoms with E-state index in [0.717, 1.165) is 59.7 Å². The fraction of sp³-hybridized carbons (Fsp3) is 0.346. The SMILES string of the molecule is CNC(=O)CCCCCC(CNC(=O)c1cncs1)c1ncc(-c2ccc(-c3cc(C)[nH]n3)cc2)[nH]1. The van der Waals surface area contributed by atoms with E-state index in [1.807, 2.05) is 31.3 Å². The summed E-state index contributed by atoms with van der Waals surface area (Å²) < 4.78 is 0. The highest BCUT2D eigenvalue weighted by molar-refractivity contribution is 7.11. The summed E-state index contributed by atoms with van der Waals surface area (Å²) in [4.78, 5) is 36.7. The largest absolute Gasteiger partial charge is 0.359 e. The molecule has 1 unspecified atom stereocenters. The van der Waals surface area contributed by atoms with E-state index < -0.39 is 0 Å². The molecule has 9 nitrogen and oxygen atoms in total. The van der Waals surface area contributed by atoms with Gasteiger partial charge in [-0.1, -0.05) is 37.1 Å². The first-order valence-corrected chi connectivity index (χ1v) is 13.0. The second kappa shape index (κ2) is 12.3. The number of aromatic amines is 2. The summed E-state index contributed by atoms with van der Waals surface area (Å²) in [6, 6.07) is 10.2. The first kappa shape index (κ1) is 25.3. The maximum atomic E-state index is 12.5. The Kier molecular flexibility index (Phi) is 8.62. The standard InChI is InChI=1S/C26H31N7O2S/c1-17-12-21(33-32-17)18-8-10-19(11-9-18)22-14-29-25(31-22)20(6-4-3-5-7-24(34)27-2)13-30-26(35)23-15-28-16-36-23/h8-12,14-16,20H,3-7,13H2,1-2H3,(H,27,34)(H,29,31)(H,30,35)(H,32,33). The fourth-order valence-corrected chi connectivity index (χ4v) is 4.56. The molecule has 0 radical (unpaired) electrons. The molecule has 10 heteroatoms. The monoisotopic (exact) mass is 505 g/mol. The van der Waals surface area contributed by atoms with Crippen LogP contribution < -0.4 is 10.6 Å². The van der Waals surface area contributed by atoms with Gasteiger partial charge in [0.1, 0.15) is 10.7 Å². The molecule has 0 saturated carbocycles. The molecule has 36 heavy (non-hydrogen) atoms. The summed E-state index contributed by atoms with van der Waals surface area (Å²) in [5, 5.41) is 13.0. The number of rotatable bonds is 12. The molecule has 1 aromatic carbocycles. The molecular formula is C26H31N7O2S. The van der Waals surface area contributed by atoms with Gasteiger partial charge in [-0.05, 0) is 31.4 Å². The van der Waals surface area contributed by atoms with E-state index in [1.165, 1.54) is 11.3 Å². The predicted octanol–water partition coefficient (Wildman–Crippen LogP) is 4.44. The predicted molar refractivity (Wildman–Crippen MR) is 141 cm³/mol. The minimum Gasteiger partial charge on any atom is -0.359 e. The van der Waals surface area contributed by atoms with Crippen LogP contribution in [0.15, 0.2) is 48.2 Å². The van der Waals surface area contributed by atoms with E-state index in [9.17, 15) is 9.59 Å². The van der Waals surface area contributed by atoms with E-state index in [0.29, 0.717) is 17.8 Å². The Morgan fingerprint density at radius 1 is 1.08 bits per heavy atom. The molecule has 3 aromatic heterocycles. The van der Waals surface area contributed by atoms with Crippen LogP contribution in [0.25, 0.3) is 22.5 Å². The number of benzene rings is 1. The van der Waals surface area contributed by atoms with Crippen LogP contribution in [-0.4, -0.2) is 50.6 Å². The molecule has 4 rings (SSSR count). The average molecular weight is 506 g/mol. The summed E-state index contributed by atoms with van der Waals surface area (Å²) in [6.45, 7) is 2.45. The van der Waals surface area contributed by atoms with Gasteiger partial charge in [-0.25, -0.2) is 4.98 Å². The number of nitrogens with one attached hydrogen (secondary N) is 4. The zero-order chi connectivity index (χ0) is 25.3. The first-order chi connectivity index (χ1) is 17.5. The molecule has 1 atom stereocenters. The Morgan fingerprint density at radius 2 is 1.89 bits per heavy atom. The van der Waals surface area contributed by atoms with Gasteiger partial charge in [0.2, 0.25) is 5.91 Å². The number of imidazole rings is 1. The van der Waals surface area contributed by atoms with Crippen molar-refractivity contribution in [1.82, 2.24) is 35.8 Å². The van der Waals surface area contributed by atoms with Crippen LogP contribution >= 0.6 is 11.3 Å². The van der Waals surface area contributed by atoms with Crippen molar-refractivity contribution in [2.45, 2.75) is 44.9 Å². The van der Waals surface area contributed by atoms with Gasteiger partial charge in [0.05, 0.1) is 29.3 Å². The highest BCUT2D eigenvalue weighted by Crippen LogP contribution is 2.26. The first-order valence-electron chi connectivity index (χ1n) is 12.1. The van der Waals surface area contributed by atoms with Crippen molar-refractivity contribution in [2.75, 3.05) is 13.6 Å². The molecule has 0 aliphatic rings. The number of unbranched alkanes of at least 4 members (excludes halogenated alkanes) is 2. The molecule has 0 fully saturated rings. The number of carbonyl (C=O) groups excluding carboxylic acids is 2. The van der Waals surface area contributed by atoms with Crippen molar-refractivity contribution in [3.05, 3.63) is 64.6 Å². The van der Waals surface area contributed by atoms with E-state index in [-0.39, 0.29) is 17.7 Å². The Labute approximate surface area is 214 Å². The number of aryl methyl sites for hydroxylation is 1. The van der Waals surface area contributed by atoms with Gasteiger partial charge in [-0.3, -0.25) is 19.7 Å². The number of hydrogen-bond donors (Lipinski definition) is 4. The molecule has 3 heterocycles.